The van der Waals surface area contributed by atoms with Gasteiger partial charge in [-0.25, -0.2) is 4.39 Å². The van der Waals surface area contributed by atoms with Crippen molar-refractivity contribution in [2.75, 3.05) is 20.6 Å². The highest BCUT2D eigenvalue weighted by Gasteiger charge is 2.26. The Morgan fingerprint density at radius 3 is 2.89 bits per heavy atom. The molecule has 0 N–H and O–H groups in total. The second-order valence-corrected chi connectivity index (χ2v) is 5.44. The zero-order valence-corrected chi connectivity index (χ0v) is 11.5. The third-order valence-electron chi connectivity index (χ3n) is 3.46. The van der Waals surface area contributed by atoms with Gasteiger partial charge < -0.3 is 4.90 Å². The molecule has 1 unspecified atom stereocenters. The summed E-state index contributed by atoms with van der Waals surface area (Å²) in [6.07, 6.45) is 4.63. The first kappa shape index (κ1) is 13.9. The molecule has 0 aliphatic heterocycles. The summed E-state index contributed by atoms with van der Waals surface area (Å²) >= 11 is 0. The summed E-state index contributed by atoms with van der Waals surface area (Å²) in [5.41, 5.74) is 1.61. The summed E-state index contributed by atoms with van der Waals surface area (Å²) in [7, 11) is 3.97. The Morgan fingerprint density at radius 1 is 1.42 bits per heavy atom. The molecule has 1 fully saturated rings. The van der Waals surface area contributed by atoms with Gasteiger partial charge in [0.2, 0.25) is 0 Å². The van der Waals surface area contributed by atoms with Gasteiger partial charge in [-0.15, -0.1) is 0 Å². The van der Waals surface area contributed by atoms with Crippen molar-refractivity contribution in [2.24, 2.45) is 5.92 Å². The van der Waals surface area contributed by atoms with E-state index in [0.29, 0.717) is 0 Å². The van der Waals surface area contributed by atoms with Crippen molar-refractivity contribution >= 4 is 11.9 Å². The zero-order valence-electron chi connectivity index (χ0n) is 11.5. The van der Waals surface area contributed by atoms with Gasteiger partial charge in [-0.05, 0) is 62.7 Å². The normalized spacial score (nSPS) is 22.2. The Bertz CT molecular complexity index is 493. The Balaban J connectivity index is 2.17. The minimum atomic E-state index is -0.262. The number of Topliss-reactive ketones (excluding diaryl/α,β-unsaturated/α-hetero) is 1. The summed E-state index contributed by atoms with van der Waals surface area (Å²) in [4.78, 5) is 14.4. The van der Waals surface area contributed by atoms with Crippen molar-refractivity contribution in [2.45, 2.75) is 19.3 Å². The standard InChI is InChI=1S/C16H20FNO/c1-18(2)11-14-7-4-6-13(16(14)19)9-12-5-3-8-15(17)10-12/h3,5,8-10,14H,4,6-7,11H2,1-2H3/b13-9+. The third kappa shape index (κ3) is 3.74. The van der Waals surface area contributed by atoms with Crippen molar-refractivity contribution in [3.63, 3.8) is 0 Å². The molecule has 2 nitrogen and oxygen atoms in total. The summed E-state index contributed by atoms with van der Waals surface area (Å²) in [5, 5.41) is 0. The van der Waals surface area contributed by atoms with Crippen molar-refractivity contribution in [1.82, 2.24) is 4.90 Å². The highest BCUT2D eigenvalue weighted by Crippen LogP contribution is 2.27. The van der Waals surface area contributed by atoms with Gasteiger partial charge >= 0.3 is 0 Å². The van der Waals surface area contributed by atoms with Crippen molar-refractivity contribution in [3.05, 3.63) is 41.2 Å². The first-order chi connectivity index (χ1) is 9.06. The van der Waals surface area contributed by atoms with Crippen LogP contribution in [0.5, 0.6) is 0 Å². The first-order valence-electron chi connectivity index (χ1n) is 6.71. The molecule has 0 bridgehead atoms. The second kappa shape index (κ2) is 6.11. The minimum absolute atomic E-state index is 0.0866. The number of hydrogen-bond acceptors (Lipinski definition) is 2. The van der Waals surface area contributed by atoms with Crippen LogP contribution >= 0.6 is 0 Å². The Morgan fingerprint density at radius 2 is 2.21 bits per heavy atom. The van der Waals surface area contributed by atoms with E-state index in [0.717, 1.165) is 36.9 Å². The molecule has 0 aromatic heterocycles. The minimum Gasteiger partial charge on any atom is -0.309 e. The number of carbonyl (C=O) groups is 1. The molecule has 1 aromatic rings. The molecule has 0 saturated heterocycles. The maximum absolute atomic E-state index is 13.1. The quantitative estimate of drug-likeness (QED) is 0.779. The van der Waals surface area contributed by atoms with Crippen LogP contribution in [-0.4, -0.2) is 31.3 Å². The van der Waals surface area contributed by atoms with Crippen LogP contribution in [0.2, 0.25) is 0 Å². The monoisotopic (exact) mass is 261 g/mol. The number of ketones is 1. The molecule has 2 rings (SSSR count). The molecule has 1 aliphatic rings. The maximum Gasteiger partial charge on any atom is 0.163 e. The van der Waals surface area contributed by atoms with E-state index in [1.165, 1.54) is 12.1 Å². The van der Waals surface area contributed by atoms with E-state index < -0.39 is 0 Å². The van der Waals surface area contributed by atoms with E-state index >= 15 is 0 Å². The van der Waals surface area contributed by atoms with Crippen molar-refractivity contribution < 1.29 is 9.18 Å². The number of nitrogens with zero attached hydrogens (tertiary/aromatic N) is 1. The lowest BCUT2D eigenvalue weighted by molar-refractivity contribution is -0.120. The molecule has 1 saturated carbocycles. The van der Waals surface area contributed by atoms with E-state index in [9.17, 15) is 9.18 Å². The van der Waals surface area contributed by atoms with E-state index in [-0.39, 0.29) is 17.5 Å². The van der Waals surface area contributed by atoms with Gasteiger partial charge in [0.1, 0.15) is 5.82 Å². The highest BCUT2D eigenvalue weighted by atomic mass is 19.1. The Hall–Kier alpha value is -1.48. The fourth-order valence-electron chi connectivity index (χ4n) is 2.61. The number of halogens is 1. The van der Waals surface area contributed by atoms with Gasteiger partial charge in [0, 0.05) is 12.5 Å². The van der Waals surface area contributed by atoms with Crippen molar-refractivity contribution in [1.29, 1.82) is 0 Å². The average Bonchev–Trinajstić information content (AvgIpc) is 2.34. The predicted molar refractivity (Wildman–Crippen MR) is 75.3 cm³/mol. The SMILES string of the molecule is CN(C)CC1CCC/C(=C\c2cccc(F)c2)C1=O. The summed E-state index contributed by atoms with van der Waals surface area (Å²) in [5.74, 6) is 0.0511. The number of hydrogen-bond donors (Lipinski definition) is 0. The topological polar surface area (TPSA) is 20.3 Å². The van der Waals surface area contributed by atoms with Gasteiger partial charge in [-0.3, -0.25) is 4.79 Å². The number of benzene rings is 1. The second-order valence-electron chi connectivity index (χ2n) is 5.44. The van der Waals surface area contributed by atoms with Crippen LogP contribution in [0.3, 0.4) is 0 Å². The van der Waals surface area contributed by atoms with Crippen LogP contribution in [0.15, 0.2) is 29.8 Å². The number of allylic oxidation sites excluding steroid dienone is 1. The number of rotatable bonds is 3. The van der Waals surface area contributed by atoms with Crippen LogP contribution in [-0.2, 0) is 4.79 Å². The van der Waals surface area contributed by atoms with Crippen LogP contribution in [0, 0.1) is 11.7 Å². The van der Waals surface area contributed by atoms with Crippen LogP contribution in [0.4, 0.5) is 4.39 Å². The molecule has 102 valence electrons. The summed E-state index contributed by atoms with van der Waals surface area (Å²) in [6.45, 7) is 0.791. The largest absolute Gasteiger partial charge is 0.309 e. The average molecular weight is 261 g/mol. The molecule has 0 amide bonds. The van der Waals surface area contributed by atoms with Crippen LogP contribution in [0.25, 0.3) is 6.08 Å². The Kier molecular flexibility index (Phi) is 4.48. The molecule has 3 heteroatoms. The lowest BCUT2D eigenvalue weighted by Crippen LogP contribution is -2.31. The predicted octanol–water partition coefficient (Wildman–Crippen LogP) is 3.14. The molecule has 0 radical (unpaired) electrons. The van der Waals surface area contributed by atoms with E-state index in [1.54, 1.807) is 6.07 Å². The fraction of sp³-hybridized carbons (Fsp3) is 0.438. The van der Waals surface area contributed by atoms with E-state index in [4.69, 9.17) is 0 Å². The molecule has 1 atom stereocenters. The molecule has 1 aromatic carbocycles. The van der Waals surface area contributed by atoms with Gasteiger partial charge in [-0.1, -0.05) is 12.1 Å². The third-order valence-corrected chi connectivity index (χ3v) is 3.46. The fourth-order valence-corrected chi connectivity index (χ4v) is 2.61. The lowest BCUT2D eigenvalue weighted by atomic mass is 9.83. The van der Waals surface area contributed by atoms with E-state index in [1.807, 2.05) is 31.1 Å². The van der Waals surface area contributed by atoms with Crippen LogP contribution < -0.4 is 0 Å². The molecule has 0 heterocycles. The van der Waals surface area contributed by atoms with Crippen LogP contribution in [0.1, 0.15) is 24.8 Å². The van der Waals surface area contributed by atoms with Gasteiger partial charge in [0.25, 0.3) is 0 Å². The van der Waals surface area contributed by atoms with Gasteiger partial charge in [0.05, 0.1) is 0 Å². The van der Waals surface area contributed by atoms with Gasteiger partial charge in [0.15, 0.2) is 5.78 Å². The zero-order chi connectivity index (χ0) is 13.8. The van der Waals surface area contributed by atoms with E-state index in [2.05, 4.69) is 0 Å². The maximum atomic E-state index is 13.1. The molecule has 0 spiro atoms. The number of carbonyl (C=O) groups excluding carboxylic acids is 1. The molecular weight excluding hydrogens is 241 g/mol. The molecular formula is C16H20FNO. The summed E-state index contributed by atoms with van der Waals surface area (Å²) in [6, 6.07) is 6.39. The Labute approximate surface area is 113 Å². The smallest absolute Gasteiger partial charge is 0.163 e. The first-order valence-corrected chi connectivity index (χ1v) is 6.71. The summed E-state index contributed by atoms with van der Waals surface area (Å²) < 4.78 is 13.1. The molecule has 1 aliphatic carbocycles. The molecule has 19 heavy (non-hydrogen) atoms. The van der Waals surface area contributed by atoms with Crippen molar-refractivity contribution in [3.8, 4) is 0 Å². The van der Waals surface area contributed by atoms with Gasteiger partial charge in [-0.2, -0.15) is 0 Å². The highest BCUT2D eigenvalue weighted by molar-refractivity contribution is 6.01. The lowest BCUT2D eigenvalue weighted by Gasteiger charge is -2.25.